The van der Waals surface area contributed by atoms with E-state index in [4.69, 9.17) is 27.9 Å². The Morgan fingerprint density at radius 2 is 2.04 bits per heavy atom. The summed E-state index contributed by atoms with van der Waals surface area (Å²) in [6.45, 7) is 1.78. The van der Waals surface area contributed by atoms with Crippen molar-refractivity contribution in [2.24, 2.45) is 0 Å². The molecule has 1 N–H and O–H groups in total. The van der Waals surface area contributed by atoms with Crippen LogP contribution in [0.4, 0.5) is 0 Å². The molecule has 0 saturated carbocycles. The van der Waals surface area contributed by atoms with Crippen LogP contribution in [-0.2, 0) is 4.79 Å². The minimum atomic E-state index is -0.230. The number of carbonyl (C=O) groups is 1. The molecule has 1 atom stereocenters. The first-order valence-electron chi connectivity index (χ1n) is 7.75. The molecular formula is C19H16Cl2N2O2. The summed E-state index contributed by atoms with van der Waals surface area (Å²) in [7, 11) is 0. The van der Waals surface area contributed by atoms with Crippen LogP contribution in [0.15, 0.2) is 54.7 Å². The van der Waals surface area contributed by atoms with E-state index >= 15 is 0 Å². The molecule has 0 spiro atoms. The van der Waals surface area contributed by atoms with Crippen LogP contribution < -0.4 is 10.1 Å². The monoisotopic (exact) mass is 374 g/mol. The summed E-state index contributed by atoms with van der Waals surface area (Å²) in [6.07, 6.45) is 1.66. The second-order valence-corrected chi connectivity index (χ2v) is 6.42. The smallest absolute Gasteiger partial charge is 0.258 e. The molecule has 6 heteroatoms. The van der Waals surface area contributed by atoms with Gasteiger partial charge in [-0.3, -0.25) is 9.78 Å². The van der Waals surface area contributed by atoms with Crippen molar-refractivity contribution in [1.29, 1.82) is 0 Å². The zero-order chi connectivity index (χ0) is 17.8. The van der Waals surface area contributed by atoms with E-state index in [2.05, 4.69) is 10.3 Å². The third-order valence-corrected chi connectivity index (χ3v) is 4.33. The first-order valence-corrected chi connectivity index (χ1v) is 8.51. The highest BCUT2D eigenvalue weighted by Crippen LogP contribution is 2.29. The summed E-state index contributed by atoms with van der Waals surface area (Å²) in [4.78, 5) is 16.5. The number of hydrogen-bond acceptors (Lipinski definition) is 3. The molecule has 0 radical (unpaired) electrons. The first-order chi connectivity index (χ1) is 12.0. The number of aromatic nitrogens is 1. The summed E-state index contributed by atoms with van der Waals surface area (Å²) >= 11 is 12.1. The minimum Gasteiger partial charge on any atom is -0.481 e. The fraction of sp³-hybridized carbons (Fsp3) is 0.158. The summed E-state index contributed by atoms with van der Waals surface area (Å²) in [5.41, 5.74) is 1.56. The van der Waals surface area contributed by atoms with Gasteiger partial charge in [-0.15, -0.1) is 0 Å². The lowest BCUT2D eigenvalue weighted by Gasteiger charge is -2.15. The van der Waals surface area contributed by atoms with Crippen molar-refractivity contribution in [3.05, 3.63) is 70.3 Å². The van der Waals surface area contributed by atoms with E-state index < -0.39 is 0 Å². The van der Waals surface area contributed by atoms with Gasteiger partial charge in [-0.05, 0) is 48.9 Å². The Labute approximate surface area is 155 Å². The largest absolute Gasteiger partial charge is 0.481 e. The Morgan fingerprint density at radius 3 is 2.84 bits per heavy atom. The molecule has 128 valence electrons. The molecule has 3 rings (SSSR count). The average Bonchev–Trinajstić information content (AvgIpc) is 2.61. The van der Waals surface area contributed by atoms with Crippen LogP contribution in [0.25, 0.3) is 10.9 Å². The van der Waals surface area contributed by atoms with E-state index in [1.54, 1.807) is 30.5 Å². The Morgan fingerprint density at radius 1 is 1.20 bits per heavy atom. The van der Waals surface area contributed by atoms with E-state index in [9.17, 15) is 4.79 Å². The van der Waals surface area contributed by atoms with Gasteiger partial charge in [-0.2, -0.15) is 0 Å². The highest BCUT2D eigenvalue weighted by Gasteiger charge is 2.12. The summed E-state index contributed by atoms with van der Waals surface area (Å²) in [5.74, 6) is 0.289. The maximum Gasteiger partial charge on any atom is 0.258 e. The van der Waals surface area contributed by atoms with Gasteiger partial charge < -0.3 is 10.1 Å². The molecule has 0 unspecified atom stereocenters. The van der Waals surface area contributed by atoms with Gasteiger partial charge in [0.25, 0.3) is 5.91 Å². The fourth-order valence-electron chi connectivity index (χ4n) is 2.51. The summed E-state index contributed by atoms with van der Waals surface area (Å²) in [5, 5.41) is 4.90. The normalized spacial score (nSPS) is 12.0. The molecule has 4 nitrogen and oxygen atoms in total. The van der Waals surface area contributed by atoms with Crippen LogP contribution in [0.5, 0.6) is 5.75 Å². The van der Waals surface area contributed by atoms with E-state index in [-0.39, 0.29) is 18.6 Å². The fourth-order valence-corrected chi connectivity index (χ4v) is 2.93. The number of rotatable bonds is 5. The number of benzene rings is 2. The summed E-state index contributed by atoms with van der Waals surface area (Å²) in [6, 6.07) is 14.3. The van der Waals surface area contributed by atoms with Crippen molar-refractivity contribution in [3.8, 4) is 5.75 Å². The highest BCUT2D eigenvalue weighted by atomic mass is 35.5. The van der Waals surface area contributed by atoms with Crippen LogP contribution in [-0.4, -0.2) is 17.5 Å². The van der Waals surface area contributed by atoms with Gasteiger partial charge in [0, 0.05) is 16.6 Å². The molecule has 3 aromatic rings. The van der Waals surface area contributed by atoms with Gasteiger partial charge in [0.15, 0.2) is 6.61 Å². The lowest BCUT2D eigenvalue weighted by atomic mass is 10.1. The maximum absolute atomic E-state index is 12.2. The van der Waals surface area contributed by atoms with Gasteiger partial charge in [0.2, 0.25) is 0 Å². The number of amides is 1. The van der Waals surface area contributed by atoms with Crippen LogP contribution in [0, 0.1) is 0 Å². The van der Waals surface area contributed by atoms with Crippen molar-refractivity contribution < 1.29 is 9.53 Å². The number of nitrogens with zero attached hydrogens (tertiary/aromatic N) is 1. The van der Waals surface area contributed by atoms with Gasteiger partial charge in [0.1, 0.15) is 11.3 Å². The van der Waals surface area contributed by atoms with Crippen LogP contribution in [0.2, 0.25) is 10.0 Å². The lowest BCUT2D eigenvalue weighted by Crippen LogP contribution is -2.31. The van der Waals surface area contributed by atoms with Crippen LogP contribution in [0.3, 0.4) is 0 Å². The predicted octanol–water partition coefficient (Wildman–Crippen LogP) is 4.80. The van der Waals surface area contributed by atoms with Crippen molar-refractivity contribution in [2.75, 3.05) is 6.61 Å². The maximum atomic E-state index is 12.2. The number of hydrogen-bond donors (Lipinski definition) is 1. The molecule has 0 aliphatic rings. The molecule has 2 aromatic carbocycles. The molecule has 0 saturated heterocycles. The topological polar surface area (TPSA) is 51.2 Å². The van der Waals surface area contributed by atoms with E-state index in [0.29, 0.717) is 21.3 Å². The number of fused-ring (bicyclic) bond motifs is 1. The van der Waals surface area contributed by atoms with Gasteiger partial charge in [-0.1, -0.05) is 35.3 Å². The zero-order valence-electron chi connectivity index (χ0n) is 13.5. The van der Waals surface area contributed by atoms with E-state index in [1.807, 2.05) is 31.2 Å². The molecular weight excluding hydrogens is 359 g/mol. The first kappa shape index (κ1) is 17.5. The van der Waals surface area contributed by atoms with Gasteiger partial charge in [0.05, 0.1) is 11.1 Å². The molecule has 1 amide bonds. The molecule has 1 aromatic heterocycles. The number of pyridine rings is 1. The molecule has 0 fully saturated rings. The summed E-state index contributed by atoms with van der Waals surface area (Å²) < 4.78 is 5.64. The number of ether oxygens (including phenoxy) is 1. The standard InChI is InChI=1S/C19H16Cl2N2O2/c1-12(13-4-2-5-14(20)10-13)23-18(24)11-25-17-8-7-16(21)15-6-3-9-22-19(15)17/h2-10,12H,11H2,1H3,(H,23,24)/t12-/m0/s1. The Kier molecular flexibility index (Phi) is 5.41. The zero-order valence-corrected chi connectivity index (χ0v) is 15.0. The number of nitrogens with one attached hydrogen (secondary N) is 1. The van der Waals surface area contributed by atoms with Crippen LogP contribution >= 0.6 is 23.2 Å². The van der Waals surface area contributed by atoms with Crippen molar-refractivity contribution in [3.63, 3.8) is 0 Å². The van der Waals surface area contributed by atoms with Crippen molar-refractivity contribution >= 4 is 40.0 Å². The quantitative estimate of drug-likeness (QED) is 0.697. The Hall–Kier alpha value is -2.30. The van der Waals surface area contributed by atoms with Gasteiger partial charge >= 0.3 is 0 Å². The minimum absolute atomic E-state index is 0.113. The second kappa shape index (κ2) is 7.72. The predicted molar refractivity (Wildman–Crippen MR) is 100 cm³/mol. The molecule has 0 aliphatic carbocycles. The number of carbonyl (C=O) groups excluding carboxylic acids is 1. The SMILES string of the molecule is C[C@H](NC(=O)COc1ccc(Cl)c2cccnc12)c1cccc(Cl)c1. The lowest BCUT2D eigenvalue weighted by molar-refractivity contribution is -0.123. The molecule has 1 heterocycles. The third-order valence-electron chi connectivity index (χ3n) is 3.76. The van der Waals surface area contributed by atoms with E-state index in [0.717, 1.165) is 10.9 Å². The van der Waals surface area contributed by atoms with Crippen molar-refractivity contribution in [2.45, 2.75) is 13.0 Å². The Bertz CT molecular complexity index is 915. The van der Waals surface area contributed by atoms with E-state index in [1.165, 1.54) is 0 Å². The third kappa shape index (κ3) is 4.21. The average molecular weight is 375 g/mol. The Balaban J connectivity index is 1.66. The van der Waals surface area contributed by atoms with Crippen LogP contribution in [0.1, 0.15) is 18.5 Å². The van der Waals surface area contributed by atoms with Gasteiger partial charge in [-0.25, -0.2) is 0 Å². The highest BCUT2D eigenvalue weighted by molar-refractivity contribution is 6.35. The van der Waals surface area contributed by atoms with Crippen molar-refractivity contribution in [1.82, 2.24) is 10.3 Å². The number of halogens is 2. The molecule has 0 bridgehead atoms. The molecule has 25 heavy (non-hydrogen) atoms. The molecule has 0 aliphatic heterocycles. The second-order valence-electron chi connectivity index (χ2n) is 5.58.